The predicted octanol–water partition coefficient (Wildman–Crippen LogP) is 3.71. The molecule has 0 spiro atoms. The van der Waals surface area contributed by atoms with E-state index in [0.29, 0.717) is 0 Å². The second kappa shape index (κ2) is 8.81. The molecule has 0 radical (unpaired) electrons. The third-order valence-corrected chi connectivity index (χ3v) is 3.38. The van der Waals surface area contributed by atoms with Gasteiger partial charge in [0.25, 0.3) is 0 Å². The molecule has 3 nitrogen and oxygen atoms in total. The molecule has 0 aliphatic rings. The van der Waals surface area contributed by atoms with Crippen LogP contribution < -0.4 is 5.32 Å². The molecule has 1 rings (SSSR count). The van der Waals surface area contributed by atoms with Crippen molar-refractivity contribution in [3.8, 4) is 0 Å². The molecule has 19 heavy (non-hydrogen) atoms. The van der Waals surface area contributed by atoms with Crippen molar-refractivity contribution in [1.29, 1.82) is 0 Å². The second-order valence-electron chi connectivity index (χ2n) is 4.49. The fourth-order valence-electron chi connectivity index (χ4n) is 1.92. The van der Waals surface area contributed by atoms with Crippen LogP contribution in [0.25, 0.3) is 0 Å². The third-order valence-electron chi connectivity index (χ3n) is 3.13. The molecule has 0 fully saturated rings. The van der Waals surface area contributed by atoms with E-state index in [1.54, 1.807) is 4.90 Å². The highest BCUT2D eigenvalue weighted by Gasteiger charge is 2.07. The number of nitrogens with zero attached hydrogens (tertiary/aromatic N) is 1. The molecule has 1 N–H and O–H groups in total. The molecule has 0 saturated carbocycles. The molecule has 2 amide bonds. The van der Waals surface area contributed by atoms with Gasteiger partial charge in [0.1, 0.15) is 0 Å². The van der Waals surface area contributed by atoms with Gasteiger partial charge in [-0.3, -0.25) is 0 Å². The summed E-state index contributed by atoms with van der Waals surface area (Å²) >= 11 is 5.84. The molecule has 0 saturated heterocycles. The smallest absolute Gasteiger partial charge is 0.317 e. The van der Waals surface area contributed by atoms with E-state index in [4.69, 9.17) is 11.6 Å². The molecule has 0 bridgehead atoms. The maximum Gasteiger partial charge on any atom is 0.317 e. The van der Waals surface area contributed by atoms with E-state index in [2.05, 4.69) is 17.4 Å². The van der Waals surface area contributed by atoms with Crippen molar-refractivity contribution in [3.05, 3.63) is 34.9 Å². The molecular weight excluding hydrogens is 260 g/mol. The van der Waals surface area contributed by atoms with Gasteiger partial charge in [-0.05, 0) is 50.8 Å². The number of nitrogens with one attached hydrogen (secondary N) is 1. The number of rotatable bonds is 7. The van der Waals surface area contributed by atoms with Crippen molar-refractivity contribution in [2.24, 2.45) is 0 Å². The van der Waals surface area contributed by atoms with Crippen LogP contribution in [0.5, 0.6) is 0 Å². The van der Waals surface area contributed by atoms with Crippen molar-refractivity contribution in [2.75, 3.05) is 19.6 Å². The maximum absolute atomic E-state index is 11.7. The van der Waals surface area contributed by atoms with E-state index in [9.17, 15) is 4.79 Å². The first-order chi connectivity index (χ1) is 9.17. The van der Waals surface area contributed by atoms with E-state index in [-0.39, 0.29) is 6.03 Å². The minimum atomic E-state index is 0.0384. The molecule has 106 valence electrons. The Morgan fingerprint density at radius 3 is 2.37 bits per heavy atom. The maximum atomic E-state index is 11.7. The standard InChI is InChI=1S/C15H23ClN2O/c1-3-18(4-2)15(19)17-12-6-5-7-13-8-10-14(16)11-9-13/h8-11H,3-7,12H2,1-2H3,(H,17,19). The minimum Gasteiger partial charge on any atom is -0.338 e. The quantitative estimate of drug-likeness (QED) is 0.760. The lowest BCUT2D eigenvalue weighted by Gasteiger charge is -2.19. The van der Waals surface area contributed by atoms with Crippen LogP contribution in [0.3, 0.4) is 0 Å². The summed E-state index contributed by atoms with van der Waals surface area (Å²) in [7, 11) is 0. The lowest BCUT2D eigenvalue weighted by molar-refractivity contribution is 0.203. The molecular formula is C15H23ClN2O. The number of aryl methyl sites for hydroxylation is 1. The number of amides is 2. The summed E-state index contributed by atoms with van der Waals surface area (Å²) in [5.74, 6) is 0. The molecule has 1 aromatic carbocycles. The average molecular weight is 283 g/mol. The zero-order chi connectivity index (χ0) is 14.1. The van der Waals surface area contributed by atoms with Gasteiger partial charge in [-0.25, -0.2) is 4.79 Å². The van der Waals surface area contributed by atoms with Gasteiger partial charge >= 0.3 is 6.03 Å². The largest absolute Gasteiger partial charge is 0.338 e. The van der Waals surface area contributed by atoms with Gasteiger partial charge in [0.2, 0.25) is 0 Å². The van der Waals surface area contributed by atoms with Gasteiger partial charge < -0.3 is 10.2 Å². The Bertz CT molecular complexity index is 374. The van der Waals surface area contributed by atoms with Crippen LogP contribution in [0.2, 0.25) is 5.02 Å². The number of urea groups is 1. The Morgan fingerprint density at radius 2 is 1.79 bits per heavy atom. The Balaban J connectivity index is 2.14. The number of halogens is 1. The average Bonchev–Trinajstić information content (AvgIpc) is 2.42. The molecule has 4 heteroatoms. The molecule has 0 heterocycles. The van der Waals surface area contributed by atoms with Gasteiger partial charge in [0.15, 0.2) is 0 Å². The fourth-order valence-corrected chi connectivity index (χ4v) is 2.05. The van der Waals surface area contributed by atoms with Crippen LogP contribution >= 0.6 is 11.6 Å². The first-order valence-electron chi connectivity index (χ1n) is 6.94. The number of benzene rings is 1. The van der Waals surface area contributed by atoms with Crippen LogP contribution in [0.15, 0.2) is 24.3 Å². The number of carbonyl (C=O) groups is 1. The molecule has 0 aliphatic carbocycles. The topological polar surface area (TPSA) is 32.3 Å². The number of hydrogen-bond donors (Lipinski definition) is 1. The molecule has 0 aliphatic heterocycles. The first-order valence-corrected chi connectivity index (χ1v) is 7.32. The summed E-state index contributed by atoms with van der Waals surface area (Å²) in [5.41, 5.74) is 1.29. The second-order valence-corrected chi connectivity index (χ2v) is 4.92. The Kier molecular flexibility index (Phi) is 7.34. The summed E-state index contributed by atoms with van der Waals surface area (Å²) in [6.45, 7) is 6.23. The van der Waals surface area contributed by atoms with Crippen LogP contribution in [0, 0.1) is 0 Å². The van der Waals surface area contributed by atoms with Gasteiger partial charge in [0, 0.05) is 24.7 Å². The predicted molar refractivity (Wildman–Crippen MR) is 80.7 cm³/mol. The molecule has 1 aromatic rings. The zero-order valence-electron chi connectivity index (χ0n) is 11.8. The highest BCUT2D eigenvalue weighted by Crippen LogP contribution is 2.11. The van der Waals surface area contributed by atoms with Crippen molar-refractivity contribution in [1.82, 2.24) is 10.2 Å². The van der Waals surface area contributed by atoms with E-state index in [1.165, 1.54) is 5.56 Å². The SMILES string of the molecule is CCN(CC)C(=O)NCCCCc1ccc(Cl)cc1. The minimum absolute atomic E-state index is 0.0384. The normalized spacial score (nSPS) is 10.3. The van der Waals surface area contributed by atoms with Crippen LogP contribution in [0.4, 0.5) is 4.79 Å². The summed E-state index contributed by atoms with van der Waals surface area (Å²) in [6.07, 6.45) is 3.09. The lowest BCUT2D eigenvalue weighted by atomic mass is 10.1. The van der Waals surface area contributed by atoms with E-state index in [1.807, 2.05) is 26.0 Å². The fraction of sp³-hybridized carbons (Fsp3) is 0.533. The van der Waals surface area contributed by atoms with Crippen molar-refractivity contribution < 1.29 is 4.79 Å². The summed E-state index contributed by atoms with van der Waals surface area (Å²) in [5, 5.41) is 3.72. The van der Waals surface area contributed by atoms with Crippen molar-refractivity contribution in [3.63, 3.8) is 0 Å². The van der Waals surface area contributed by atoms with E-state index >= 15 is 0 Å². The van der Waals surface area contributed by atoms with Crippen LogP contribution in [-0.2, 0) is 6.42 Å². The number of carbonyl (C=O) groups excluding carboxylic acids is 1. The monoisotopic (exact) mass is 282 g/mol. The van der Waals surface area contributed by atoms with E-state index < -0.39 is 0 Å². The number of hydrogen-bond acceptors (Lipinski definition) is 1. The summed E-state index contributed by atoms with van der Waals surface area (Å²) < 4.78 is 0. The van der Waals surface area contributed by atoms with Gasteiger partial charge in [-0.15, -0.1) is 0 Å². The highest BCUT2D eigenvalue weighted by atomic mass is 35.5. The van der Waals surface area contributed by atoms with Crippen LogP contribution in [-0.4, -0.2) is 30.6 Å². The van der Waals surface area contributed by atoms with Crippen molar-refractivity contribution in [2.45, 2.75) is 33.1 Å². The summed E-state index contributed by atoms with van der Waals surface area (Å²) in [4.78, 5) is 13.5. The first kappa shape index (κ1) is 15.8. The zero-order valence-corrected chi connectivity index (χ0v) is 12.5. The number of unbranched alkanes of at least 4 members (excludes halogenated alkanes) is 1. The molecule has 0 atom stereocenters. The van der Waals surface area contributed by atoms with Gasteiger partial charge in [0.05, 0.1) is 0 Å². The third kappa shape index (κ3) is 5.97. The summed E-state index contributed by atoms with van der Waals surface area (Å²) in [6, 6.07) is 7.97. The molecule has 0 unspecified atom stereocenters. The Hall–Kier alpha value is -1.22. The van der Waals surface area contributed by atoms with E-state index in [0.717, 1.165) is 43.9 Å². The van der Waals surface area contributed by atoms with Gasteiger partial charge in [-0.2, -0.15) is 0 Å². The highest BCUT2D eigenvalue weighted by molar-refractivity contribution is 6.30. The Labute approximate surface area is 120 Å². The molecule has 0 aromatic heterocycles. The lowest BCUT2D eigenvalue weighted by Crippen LogP contribution is -2.40. The van der Waals surface area contributed by atoms with Crippen molar-refractivity contribution >= 4 is 17.6 Å². The van der Waals surface area contributed by atoms with Gasteiger partial charge in [-0.1, -0.05) is 23.7 Å². The Morgan fingerprint density at radius 1 is 1.16 bits per heavy atom. The van der Waals surface area contributed by atoms with Crippen LogP contribution in [0.1, 0.15) is 32.3 Å².